The molecule has 4 atom stereocenters. The summed E-state index contributed by atoms with van der Waals surface area (Å²) < 4.78 is 38.9. The first-order chi connectivity index (χ1) is 14.6. The maximum atomic E-state index is 12.7. The lowest BCUT2D eigenvalue weighted by Crippen LogP contribution is -2.35. The summed E-state index contributed by atoms with van der Waals surface area (Å²) in [5, 5.41) is 26.4. The Morgan fingerprint density at radius 3 is 2.61 bits per heavy atom. The molecule has 8 nitrogen and oxygen atoms in total. The van der Waals surface area contributed by atoms with E-state index in [1.165, 1.54) is 11.3 Å². The van der Waals surface area contributed by atoms with Crippen molar-refractivity contribution in [3.05, 3.63) is 24.2 Å². The minimum atomic E-state index is -4.43. The number of pyridine rings is 1. The fraction of sp³-hybridized carbons (Fsp3) is 0.474. The topological polar surface area (TPSA) is 116 Å². The fourth-order valence-corrected chi connectivity index (χ4v) is 4.68. The molecule has 1 saturated carbocycles. The van der Waals surface area contributed by atoms with Crippen molar-refractivity contribution in [2.45, 2.75) is 44.7 Å². The number of aromatic nitrogens is 4. The lowest BCUT2D eigenvalue weighted by Gasteiger charge is -2.21. The number of rotatable bonds is 5. The van der Waals surface area contributed by atoms with Gasteiger partial charge in [-0.05, 0) is 25.3 Å². The third-order valence-corrected chi connectivity index (χ3v) is 6.29. The Bertz CT molecular complexity index is 1060. The highest BCUT2D eigenvalue weighted by Gasteiger charge is 2.39. The SMILES string of the molecule is Cc1nc(NCC(F)(F)F)nc(NC2CC(C)C(O)C2O)c1-c1nc2cnccc2s1. The number of alkyl halides is 3. The maximum Gasteiger partial charge on any atom is 0.405 e. The van der Waals surface area contributed by atoms with E-state index in [1.807, 2.05) is 13.0 Å². The molecule has 1 aliphatic rings. The van der Waals surface area contributed by atoms with Crippen molar-refractivity contribution in [1.82, 2.24) is 19.9 Å². The smallest absolute Gasteiger partial charge is 0.390 e. The summed E-state index contributed by atoms with van der Waals surface area (Å²) in [4.78, 5) is 17.1. The molecule has 0 aliphatic heterocycles. The molecule has 4 unspecified atom stereocenters. The van der Waals surface area contributed by atoms with Crippen molar-refractivity contribution in [2.24, 2.45) is 5.92 Å². The summed E-state index contributed by atoms with van der Waals surface area (Å²) in [7, 11) is 0. The number of halogens is 3. The Morgan fingerprint density at radius 1 is 1.19 bits per heavy atom. The minimum Gasteiger partial charge on any atom is -0.390 e. The predicted molar refractivity (Wildman–Crippen MR) is 111 cm³/mol. The van der Waals surface area contributed by atoms with Gasteiger partial charge < -0.3 is 20.8 Å². The molecule has 1 aliphatic carbocycles. The second-order valence-electron chi connectivity index (χ2n) is 7.63. The third-order valence-electron chi connectivity index (χ3n) is 5.23. The number of thiazole rings is 1. The van der Waals surface area contributed by atoms with Gasteiger partial charge in [-0.15, -0.1) is 11.3 Å². The van der Waals surface area contributed by atoms with E-state index in [4.69, 9.17) is 0 Å². The Labute approximate surface area is 179 Å². The number of hydrogen-bond acceptors (Lipinski definition) is 9. The highest BCUT2D eigenvalue weighted by Crippen LogP contribution is 2.38. The molecular formula is C19H21F3N6O2S. The molecular weight excluding hydrogens is 433 g/mol. The second-order valence-corrected chi connectivity index (χ2v) is 8.66. The number of fused-ring (bicyclic) bond motifs is 1. The molecule has 0 aromatic carbocycles. The number of aliphatic hydroxyl groups excluding tert-OH is 2. The van der Waals surface area contributed by atoms with E-state index in [-0.39, 0.29) is 17.7 Å². The van der Waals surface area contributed by atoms with Crippen LogP contribution < -0.4 is 10.6 Å². The molecule has 1 fully saturated rings. The van der Waals surface area contributed by atoms with E-state index in [2.05, 4.69) is 30.6 Å². The van der Waals surface area contributed by atoms with E-state index in [0.29, 0.717) is 28.2 Å². The van der Waals surface area contributed by atoms with Crippen molar-refractivity contribution in [2.75, 3.05) is 17.2 Å². The van der Waals surface area contributed by atoms with Crippen LogP contribution in [0.1, 0.15) is 19.0 Å². The van der Waals surface area contributed by atoms with Gasteiger partial charge >= 0.3 is 6.18 Å². The average Bonchev–Trinajstić information content (AvgIpc) is 3.22. The standard InChI is InChI=1S/C19H21F3N6O2S/c1-8-5-10(15(30)14(8)29)26-16-13(17-27-11-6-23-4-3-12(11)31-17)9(2)25-18(28-16)24-7-19(20,21)22/h3-4,6,8,10,14-15,29-30H,5,7H2,1-2H3,(H2,24,25,26,28). The van der Waals surface area contributed by atoms with Crippen LogP contribution >= 0.6 is 11.3 Å². The van der Waals surface area contributed by atoms with Crippen molar-refractivity contribution in [1.29, 1.82) is 0 Å². The van der Waals surface area contributed by atoms with Gasteiger partial charge in [-0.3, -0.25) is 4.98 Å². The van der Waals surface area contributed by atoms with E-state index < -0.39 is 31.0 Å². The predicted octanol–water partition coefficient (Wildman–Crippen LogP) is 2.97. The number of nitrogens with zero attached hydrogens (tertiary/aromatic N) is 4. The summed E-state index contributed by atoms with van der Waals surface area (Å²) in [6.07, 6.45) is -2.62. The molecule has 0 radical (unpaired) electrons. The first-order valence-corrected chi connectivity index (χ1v) is 10.5. The van der Waals surface area contributed by atoms with Crippen molar-refractivity contribution in [3.63, 3.8) is 0 Å². The van der Waals surface area contributed by atoms with Gasteiger partial charge in [0.1, 0.15) is 29.0 Å². The summed E-state index contributed by atoms with van der Waals surface area (Å²) in [5.41, 5.74) is 1.63. The molecule has 12 heteroatoms. The van der Waals surface area contributed by atoms with Gasteiger partial charge in [0.25, 0.3) is 0 Å². The molecule has 3 aromatic rings. The Kier molecular flexibility index (Phi) is 5.71. The number of anilines is 2. The van der Waals surface area contributed by atoms with Gasteiger partial charge in [0.15, 0.2) is 0 Å². The van der Waals surface area contributed by atoms with E-state index in [1.54, 1.807) is 19.3 Å². The first kappa shape index (κ1) is 21.7. The van der Waals surface area contributed by atoms with Crippen molar-refractivity contribution >= 4 is 33.3 Å². The van der Waals surface area contributed by atoms with E-state index in [0.717, 1.165) is 4.70 Å². The minimum absolute atomic E-state index is 0.143. The summed E-state index contributed by atoms with van der Waals surface area (Å²) >= 11 is 1.38. The molecule has 3 aromatic heterocycles. The largest absolute Gasteiger partial charge is 0.405 e. The highest BCUT2D eigenvalue weighted by molar-refractivity contribution is 7.21. The van der Waals surface area contributed by atoms with Crippen molar-refractivity contribution < 1.29 is 23.4 Å². The fourth-order valence-electron chi connectivity index (χ4n) is 3.65. The number of hydrogen-bond donors (Lipinski definition) is 4. The van der Waals surface area contributed by atoms with Crippen LogP contribution in [-0.2, 0) is 0 Å². The molecule has 0 saturated heterocycles. The van der Waals surface area contributed by atoms with Gasteiger partial charge in [-0.1, -0.05) is 6.92 Å². The van der Waals surface area contributed by atoms with Crippen LogP contribution in [0.5, 0.6) is 0 Å². The molecule has 0 bridgehead atoms. The quantitative estimate of drug-likeness (QED) is 0.465. The van der Waals surface area contributed by atoms with Crippen LogP contribution in [-0.4, -0.2) is 61.1 Å². The summed E-state index contributed by atoms with van der Waals surface area (Å²) in [5.74, 6) is -0.0882. The maximum absolute atomic E-state index is 12.7. The average molecular weight is 454 g/mol. The van der Waals surface area contributed by atoms with Crippen molar-refractivity contribution in [3.8, 4) is 10.6 Å². The van der Waals surface area contributed by atoms with E-state index >= 15 is 0 Å². The highest BCUT2D eigenvalue weighted by atomic mass is 32.1. The van der Waals surface area contributed by atoms with Crippen LogP contribution in [0.15, 0.2) is 18.5 Å². The normalized spacial score (nSPS) is 24.0. The lowest BCUT2D eigenvalue weighted by molar-refractivity contribution is -0.115. The zero-order valence-electron chi connectivity index (χ0n) is 16.7. The molecule has 4 rings (SSSR count). The Morgan fingerprint density at radius 2 is 1.97 bits per heavy atom. The van der Waals surface area contributed by atoms with Gasteiger partial charge in [-0.25, -0.2) is 9.97 Å². The zero-order chi connectivity index (χ0) is 22.3. The summed E-state index contributed by atoms with van der Waals surface area (Å²) in [6, 6.07) is 1.29. The van der Waals surface area contributed by atoms with Gasteiger partial charge in [0.05, 0.1) is 34.3 Å². The molecule has 4 N–H and O–H groups in total. The number of aliphatic hydroxyl groups is 2. The Hall–Kier alpha value is -2.57. The van der Waals surface area contributed by atoms with Gasteiger partial charge in [0, 0.05) is 6.20 Å². The van der Waals surface area contributed by atoms with E-state index in [9.17, 15) is 23.4 Å². The summed E-state index contributed by atoms with van der Waals surface area (Å²) in [6.45, 7) is 2.20. The number of nitrogens with one attached hydrogen (secondary N) is 2. The van der Waals surface area contributed by atoms with Crippen LogP contribution in [0, 0.1) is 12.8 Å². The monoisotopic (exact) mass is 454 g/mol. The van der Waals surface area contributed by atoms with Crippen LogP contribution in [0.25, 0.3) is 20.8 Å². The van der Waals surface area contributed by atoms with Crippen LogP contribution in [0.3, 0.4) is 0 Å². The first-order valence-electron chi connectivity index (χ1n) is 9.65. The second kappa shape index (κ2) is 8.17. The zero-order valence-corrected chi connectivity index (χ0v) is 17.5. The van der Waals surface area contributed by atoms with Gasteiger partial charge in [-0.2, -0.15) is 18.2 Å². The van der Waals surface area contributed by atoms with Crippen LogP contribution in [0.2, 0.25) is 0 Å². The molecule has 31 heavy (non-hydrogen) atoms. The third kappa shape index (κ3) is 4.55. The molecule has 166 valence electrons. The van der Waals surface area contributed by atoms with Gasteiger partial charge in [0.2, 0.25) is 5.95 Å². The Balaban J connectivity index is 1.75. The molecule has 3 heterocycles. The molecule has 0 spiro atoms. The van der Waals surface area contributed by atoms with Crippen LogP contribution in [0.4, 0.5) is 24.9 Å². The molecule has 0 amide bonds. The lowest BCUT2D eigenvalue weighted by atomic mass is 10.1. The number of aryl methyl sites for hydroxylation is 1.